The Kier molecular flexibility index (Phi) is 15.4. The highest BCUT2D eigenvalue weighted by Crippen LogP contribution is 2.23. The van der Waals surface area contributed by atoms with E-state index in [0.717, 1.165) is 71.1 Å². The second-order valence-corrected chi connectivity index (χ2v) is 13.9. The Hall–Kier alpha value is -2.04. The largest absolute Gasteiger partial charge is 0.381 e. The number of carbonyl (C=O) groups excluding carboxylic acids is 1. The summed E-state index contributed by atoms with van der Waals surface area (Å²) in [7, 11) is 0. The van der Waals surface area contributed by atoms with Crippen LogP contribution in [0.2, 0.25) is 0 Å². The summed E-state index contributed by atoms with van der Waals surface area (Å²) in [6.45, 7) is 12.8. The van der Waals surface area contributed by atoms with Crippen LogP contribution in [0, 0.1) is 5.92 Å². The average molecular weight is 658 g/mol. The number of thiophene rings is 2. The van der Waals surface area contributed by atoms with Crippen molar-refractivity contribution in [2.24, 2.45) is 5.92 Å². The van der Waals surface area contributed by atoms with E-state index in [0.29, 0.717) is 11.9 Å². The second-order valence-electron chi connectivity index (χ2n) is 11.6. The molecule has 0 saturated carbocycles. The summed E-state index contributed by atoms with van der Waals surface area (Å²) in [6.07, 6.45) is 4.10. The molecule has 2 aromatic carbocycles. The Labute approximate surface area is 276 Å². The number of halogens is 1. The highest BCUT2D eigenvalue weighted by Gasteiger charge is 2.21. The van der Waals surface area contributed by atoms with Crippen molar-refractivity contribution < 1.29 is 14.3 Å². The van der Waals surface area contributed by atoms with E-state index >= 15 is 0 Å². The van der Waals surface area contributed by atoms with Gasteiger partial charge in [-0.3, -0.25) is 4.79 Å². The fourth-order valence-electron chi connectivity index (χ4n) is 5.16. The first kappa shape index (κ1) is 34.8. The van der Waals surface area contributed by atoms with E-state index in [9.17, 15) is 4.79 Å². The fourth-order valence-corrected chi connectivity index (χ4v) is 6.81. The molecule has 2 N–H and O–H groups in total. The molecule has 1 amide bonds. The van der Waals surface area contributed by atoms with Crippen molar-refractivity contribution >= 4 is 60.4 Å². The lowest BCUT2D eigenvalue weighted by Crippen LogP contribution is -2.56. The maximum absolute atomic E-state index is 10.3. The van der Waals surface area contributed by atoms with Crippen LogP contribution in [0.15, 0.2) is 59.3 Å². The molecule has 2 saturated heterocycles. The van der Waals surface area contributed by atoms with Crippen LogP contribution in [0.1, 0.15) is 37.8 Å². The standard InChI is InChI=1S/C17H23NOS.C13H15ClOS.C5H10N2O/c1-14-12-18(13-14)7-2-8-19-9-5-15-3-4-17-16(11-15)6-10-20-17;14-6-1-7-15-8-4-11-2-3-13-12(10-11)5-9-16-13;1-4(8)7-5-2-6-3-5/h3-4,6,10-11,14H,2,5,7-9,12-13H2,1H3;2-3,5,9-10H,1,4,6-8H2;5-6H,2-3H2,1H3,(H,7,8). The van der Waals surface area contributed by atoms with Crippen LogP contribution in [0.25, 0.3) is 20.2 Å². The van der Waals surface area contributed by atoms with Crippen LogP contribution >= 0.6 is 34.3 Å². The zero-order valence-electron chi connectivity index (χ0n) is 26.2. The van der Waals surface area contributed by atoms with Crippen molar-refractivity contribution in [2.75, 3.05) is 65.0 Å². The van der Waals surface area contributed by atoms with Gasteiger partial charge in [0, 0.05) is 68.1 Å². The number of nitrogens with one attached hydrogen (secondary N) is 2. The number of benzene rings is 2. The Morgan fingerprint density at radius 1 is 0.886 bits per heavy atom. The van der Waals surface area contributed by atoms with Gasteiger partial charge in [-0.15, -0.1) is 34.3 Å². The SMILES string of the molecule is CC(=O)NC1CNC1.CC1CN(CCCOCCc2ccc3sccc3c2)C1.ClCCCOCCc1ccc2sccc2c1. The van der Waals surface area contributed by atoms with Gasteiger partial charge < -0.3 is 25.0 Å². The van der Waals surface area contributed by atoms with Crippen molar-refractivity contribution in [1.82, 2.24) is 15.5 Å². The average Bonchev–Trinajstić information content (AvgIpc) is 3.65. The number of nitrogens with zero attached hydrogens (tertiary/aromatic N) is 1. The third kappa shape index (κ3) is 12.4. The van der Waals surface area contributed by atoms with Crippen LogP contribution in [0.4, 0.5) is 0 Å². The van der Waals surface area contributed by atoms with E-state index in [-0.39, 0.29) is 5.91 Å². The molecule has 2 aliphatic rings. The Morgan fingerprint density at radius 2 is 1.45 bits per heavy atom. The maximum Gasteiger partial charge on any atom is 0.217 e. The van der Waals surface area contributed by atoms with Crippen LogP contribution in [0.3, 0.4) is 0 Å². The number of carbonyl (C=O) groups is 1. The Morgan fingerprint density at radius 3 is 1.91 bits per heavy atom. The van der Waals surface area contributed by atoms with Crippen molar-refractivity contribution in [3.63, 3.8) is 0 Å². The van der Waals surface area contributed by atoms with E-state index in [1.165, 1.54) is 50.9 Å². The first-order valence-corrected chi connectivity index (χ1v) is 18.1. The minimum absolute atomic E-state index is 0.0662. The molecule has 0 aliphatic carbocycles. The summed E-state index contributed by atoms with van der Waals surface area (Å²) >= 11 is 9.16. The summed E-state index contributed by atoms with van der Waals surface area (Å²) in [5.41, 5.74) is 2.73. The van der Waals surface area contributed by atoms with E-state index < -0.39 is 0 Å². The number of fused-ring (bicyclic) bond motifs is 2. The maximum atomic E-state index is 10.3. The molecule has 0 spiro atoms. The summed E-state index contributed by atoms with van der Waals surface area (Å²) in [4.78, 5) is 12.8. The molecule has 6 nitrogen and oxygen atoms in total. The Balaban J connectivity index is 0.000000164. The predicted octanol–water partition coefficient (Wildman–Crippen LogP) is 6.99. The van der Waals surface area contributed by atoms with Gasteiger partial charge in [-0.2, -0.15) is 0 Å². The van der Waals surface area contributed by atoms with Gasteiger partial charge in [-0.25, -0.2) is 0 Å². The summed E-state index contributed by atoms with van der Waals surface area (Å²) in [6, 6.07) is 18.1. The number of likely N-dealkylation sites (tertiary alicyclic amines) is 1. The van der Waals surface area contributed by atoms with Crippen LogP contribution in [0.5, 0.6) is 0 Å². The second kappa shape index (κ2) is 19.5. The lowest BCUT2D eigenvalue weighted by atomic mass is 10.0. The van der Waals surface area contributed by atoms with Crippen molar-refractivity contribution in [2.45, 2.75) is 45.6 Å². The van der Waals surface area contributed by atoms with Crippen molar-refractivity contribution in [3.8, 4) is 0 Å². The van der Waals surface area contributed by atoms with Crippen LogP contribution in [-0.4, -0.2) is 81.9 Å². The monoisotopic (exact) mass is 657 g/mol. The van der Waals surface area contributed by atoms with E-state index in [4.69, 9.17) is 21.1 Å². The molecule has 2 fully saturated rings. The predicted molar refractivity (Wildman–Crippen MR) is 189 cm³/mol. The number of alkyl halides is 1. The topological polar surface area (TPSA) is 62.8 Å². The molecule has 2 aromatic heterocycles. The molecule has 4 heterocycles. The van der Waals surface area contributed by atoms with Gasteiger partial charge in [0.2, 0.25) is 5.91 Å². The quantitative estimate of drug-likeness (QED) is 0.113. The molecule has 0 radical (unpaired) electrons. The third-order valence-corrected chi connectivity index (χ3v) is 9.68. The fraction of sp³-hybridized carbons (Fsp3) is 0.514. The molecule has 0 bridgehead atoms. The number of ether oxygens (including phenoxy) is 2. The van der Waals surface area contributed by atoms with Gasteiger partial charge in [-0.1, -0.05) is 31.2 Å². The zero-order valence-corrected chi connectivity index (χ0v) is 28.6. The molecular weight excluding hydrogens is 610 g/mol. The number of amides is 1. The molecule has 4 aromatic rings. The minimum atomic E-state index is 0.0662. The third-order valence-electron chi connectivity index (χ3n) is 7.62. The number of hydrogen-bond donors (Lipinski definition) is 2. The Bertz CT molecular complexity index is 1380. The molecule has 0 unspecified atom stereocenters. The molecule has 9 heteroatoms. The van der Waals surface area contributed by atoms with E-state index in [1.807, 2.05) is 0 Å². The molecule has 2 aliphatic heterocycles. The molecule has 0 atom stereocenters. The van der Waals surface area contributed by atoms with Crippen LogP contribution < -0.4 is 10.6 Å². The first-order valence-electron chi connectivity index (χ1n) is 15.8. The molecule has 240 valence electrons. The van der Waals surface area contributed by atoms with Gasteiger partial charge in [0.05, 0.1) is 19.3 Å². The lowest BCUT2D eigenvalue weighted by Gasteiger charge is -2.37. The summed E-state index contributed by atoms with van der Waals surface area (Å²) in [5, 5.41) is 12.8. The molecule has 6 rings (SSSR count). The summed E-state index contributed by atoms with van der Waals surface area (Å²) < 4.78 is 14.0. The van der Waals surface area contributed by atoms with Gasteiger partial charge in [0.15, 0.2) is 0 Å². The smallest absolute Gasteiger partial charge is 0.217 e. The van der Waals surface area contributed by atoms with Crippen molar-refractivity contribution in [3.05, 3.63) is 70.4 Å². The molecular formula is C35H48ClN3O3S2. The first-order chi connectivity index (χ1) is 21.5. The zero-order chi connectivity index (χ0) is 31.0. The lowest BCUT2D eigenvalue weighted by molar-refractivity contribution is -0.119. The molecule has 44 heavy (non-hydrogen) atoms. The normalized spacial score (nSPS) is 15.2. The highest BCUT2D eigenvalue weighted by atomic mass is 35.5. The van der Waals surface area contributed by atoms with Gasteiger partial charge >= 0.3 is 0 Å². The number of rotatable bonds is 14. The van der Waals surface area contributed by atoms with E-state index in [1.54, 1.807) is 29.6 Å². The highest BCUT2D eigenvalue weighted by molar-refractivity contribution is 7.17. The summed E-state index contributed by atoms with van der Waals surface area (Å²) in [5.74, 6) is 1.65. The van der Waals surface area contributed by atoms with Gasteiger partial charge in [0.25, 0.3) is 0 Å². The van der Waals surface area contributed by atoms with Crippen molar-refractivity contribution in [1.29, 1.82) is 0 Å². The van der Waals surface area contributed by atoms with Crippen LogP contribution in [-0.2, 0) is 27.1 Å². The number of hydrogen-bond acceptors (Lipinski definition) is 7. The minimum Gasteiger partial charge on any atom is -0.381 e. The van der Waals surface area contributed by atoms with Gasteiger partial charge in [0.1, 0.15) is 0 Å². The van der Waals surface area contributed by atoms with E-state index in [2.05, 4.69) is 81.7 Å². The van der Waals surface area contributed by atoms with Gasteiger partial charge in [-0.05, 0) is 88.5 Å².